The van der Waals surface area contributed by atoms with Gasteiger partial charge in [-0.2, -0.15) is 0 Å². The van der Waals surface area contributed by atoms with E-state index in [-0.39, 0.29) is 29.3 Å². The van der Waals surface area contributed by atoms with Crippen molar-refractivity contribution in [2.75, 3.05) is 4.90 Å². The van der Waals surface area contributed by atoms with E-state index in [2.05, 4.69) is 0 Å². The standard InChI is InChI=1S/C24H23ClFNO2/c1-14-8-9-15(10-18(14)25)27-20-12-24(2,3)13-21(28)23(20)17(11-22(27)29)16-6-4-5-7-19(16)26/h4-10,17H,11-13H2,1-3H3. The van der Waals surface area contributed by atoms with Crippen molar-refractivity contribution in [2.24, 2.45) is 5.41 Å². The first kappa shape index (κ1) is 19.8. The average Bonchev–Trinajstić information content (AvgIpc) is 2.63. The van der Waals surface area contributed by atoms with Gasteiger partial charge in [0.2, 0.25) is 5.91 Å². The molecule has 0 N–H and O–H groups in total. The molecule has 1 aliphatic carbocycles. The Morgan fingerprint density at radius 1 is 1.10 bits per heavy atom. The molecule has 1 amide bonds. The van der Waals surface area contributed by atoms with Gasteiger partial charge in [-0.1, -0.05) is 49.7 Å². The molecule has 1 heterocycles. The molecule has 0 bridgehead atoms. The number of allylic oxidation sites excluding steroid dienone is 2. The molecule has 1 unspecified atom stereocenters. The maximum atomic E-state index is 14.6. The molecule has 0 spiro atoms. The van der Waals surface area contributed by atoms with Gasteiger partial charge in [0, 0.05) is 35.1 Å². The van der Waals surface area contributed by atoms with Crippen LogP contribution in [0.4, 0.5) is 10.1 Å². The molecule has 2 aromatic rings. The lowest BCUT2D eigenvalue weighted by atomic mass is 9.69. The van der Waals surface area contributed by atoms with Crippen LogP contribution in [0.25, 0.3) is 0 Å². The summed E-state index contributed by atoms with van der Waals surface area (Å²) >= 11 is 6.32. The highest BCUT2D eigenvalue weighted by Gasteiger charge is 2.44. The van der Waals surface area contributed by atoms with Crippen molar-refractivity contribution >= 4 is 29.0 Å². The normalized spacial score (nSPS) is 21.4. The van der Waals surface area contributed by atoms with Gasteiger partial charge in [-0.05, 0) is 48.1 Å². The summed E-state index contributed by atoms with van der Waals surface area (Å²) in [6.45, 7) is 5.94. The number of nitrogens with zero attached hydrogens (tertiary/aromatic N) is 1. The topological polar surface area (TPSA) is 37.4 Å². The van der Waals surface area contributed by atoms with Crippen LogP contribution in [0.2, 0.25) is 5.02 Å². The first-order valence-corrected chi connectivity index (χ1v) is 10.2. The van der Waals surface area contributed by atoms with Crippen molar-refractivity contribution in [3.8, 4) is 0 Å². The number of amides is 1. The van der Waals surface area contributed by atoms with Gasteiger partial charge in [-0.3, -0.25) is 14.5 Å². The van der Waals surface area contributed by atoms with E-state index in [9.17, 15) is 14.0 Å². The second-order valence-corrected chi connectivity index (χ2v) is 9.15. The first-order chi connectivity index (χ1) is 13.7. The number of carbonyl (C=O) groups is 2. The summed E-state index contributed by atoms with van der Waals surface area (Å²) in [6.07, 6.45) is 1.00. The third-order valence-electron chi connectivity index (χ3n) is 5.84. The number of aryl methyl sites for hydroxylation is 1. The Kier molecular flexibility index (Phi) is 4.86. The molecule has 29 heavy (non-hydrogen) atoms. The minimum atomic E-state index is -0.556. The van der Waals surface area contributed by atoms with Gasteiger partial charge >= 0.3 is 0 Å². The summed E-state index contributed by atoms with van der Waals surface area (Å²) in [6, 6.07) is 11.9. The third kappa shape index (κ3) is 3.51. The summed E-state index contributed by atoms with van der Waals surface area (Å²) in [4.78, 5) is 28.1. The highest BCUT2D eigenvalue weighted by atomic mass is 35.5. The average molecular weight is 412 g/mol. The Labute approximate surface area is 175 Å². The monoisotopic (exact) mass is 411 g/mol. The Morgan fingerprint density at radius 2 is 1.83 bits per heavy atom. The van der Waals surface area contributed by atoms with Crippen molar-refractivity contribution in [3.63, 3.8) is 0 Å². The van der Waals surface area contributed by atoms with Crippen molar-refractivity contribution in [2.45, 2.75) is 46.0 Å². The summed E-state index contributed by atoms with van der Waals surface area (Å²) in [5.74, 6) is -1.11. The van der Waals surface area contributed by atoms with Crippen molar-refractivity contribution in [1.29, 1.82) is 0 Å². The molecule has 2 aliphatic rings. The van der Waals surface area contributed by atoms with Gasteiger partial charge in [-0.15, -0.1) is 0 Å². The number of carbonyl (C=O) groups excluding carboxylic acids is 2. The van der Waals surface area contributed by atoms with E-state index in [4.69, 9.17) is 11.6 Å². The number of halogens is 2. The lowest BCUT2D eigenvalue weighted by Gasteiger charge is -2.43. The predicted molar refractivity (Wildman–Crippen MR) is 112 cm³/mol. The van der Waals surface area contributed by atoms with E-state index in [1.54, 1.807) is 29.2 Å². The van der Waals surface area contributed by atoms with Gasteiger partial charge < -0.3 is 0 Å². The Morgan fingerprint density at radius 3 is 2.52 bits per heavy atom. The Balaban J connectivity index is 1.92. The number of Topliss-reactive ketones (excluding diaryl/α,β-unsaturated/α-hetero) is 1. The lowest BCUT2D eigenvalue weighted by Crippen LogP contribution is -2.43. The minimum Gasteiger partial charge on any atom is -0.294 e. The highest BCUT2D eigenvalue weighted by molar-refractivity contribution is 6.31. The van der Waals surface area contributed by atoms with Gasteiger partial charge in [0.25, 0.3) is 0 Å². The van der Waals surface area contributed by atoms with Crippen molar-refractivity contribution < 1.29 is 14.0 Å². The number of hydrogen-bond donors (Lipinski definition) is 0. The second-order valence-electron chi connectivity index (χ2n) is 8.74. The van der Waals surface area contributed by atoms with E-state index < -0.39 is 5.92 Å². The van der Waals surface area contributed by atoms with Gasteiger partial charge in [0.1, 0.15) is 5.82 Å². The molecule has 5 heteroatoms. The molecule has 1 atom stereocenters. The third-order valence-corrected chi connectivity index (χ3v) is 6.24. The van der Waals surface area contributed by atoms with E-state index in [0.29, 0.717) is 40.4 Å². The summed E-state index contributed by atoms with van der Waals surface area (Å²) < 4.78 is 14.6. The summed E-state index contributed by atoms with van der Waals surface area (Å²) in [5, 5.41) is 0.565. The molecule has 3 nitrogen and oxygen atoms in total. The van der Waals surface area contributed by atoms with Gasteiger partial charge in [-0.25, -0.2) is 4.39 Å². The van der Waals surface area contributed by atoms with Crippen LogP contribution in [0.3, 0.4) is 0 Å². The molecule has 4 rings (SSSR count). The fourth-order valence-corrected chi connectivity index (χ4v) is 4.63. The number of rotatable bonds is 2. The maximum Gasteiger partial charge on any atom is 0.232 e. The smallest absolute Gasteiger partial charge is 0.232 e. The first-order valence-electron chi connectivity index (χ1n) is 9.78. The van der Waals surface area contributed by atoms with E-state index in [1.165, 1.54) is 6.07 Å². The number of benzene rings is 2. The minimum absolute atomic E-state index is 0.0137. The summed E-state index contributed by atoms with van der Waals surface area (Å²) in [7, 11) is 0. The SMILES string of the molecule is Cc1ccc(N2C(=O)CC(c3ccccc3F)C3=C2CC(C)(C)CC3=O)cc1Cl. The van der Waals surface area contributed by atoms with E-state index >= 15 is 0 Å². The Bertz CT molecular complexity index is 1060. The van der Waals surface area contributed by atoms with Gasteiger partial charge in [0.15, 0.2) is 5.78 Å². The van der Waals surface area contributed by atoms with Gasteiger partial charge in [0.05, 0.1) is 5.69 Å². The zero-order valence-corrected chi connectivity index (χ0v) is 17.5. The molecule has 0 saturated carbocycles. The molecule has 0 saturated heterocycles. The van der Waals surface area contributed by atoms with Crippen molar-refractivity contribution in [1.82, 2.24) is 0 Å². The predicted octanol–water partition coefficient (Wildman–Crippen LogP) is 5.95. The summed E-state index contributed by atoms with van der Waals surface area (Å²) in [5.41, 5.74) is 2.93. The Hall–Kier alpha value is -2.46. The quantitative estimate of drug-likeness (QED) is 0.612. The molecule has 1 aliphatic heterocycles. The fourth-order valence-electron chi connectivity index (χ4n) is 4.46. The van der Waals surface area contributed by atoms with Crippen molar-refractivity contribution in [3.05, 3.63) is 75.7 Å². The molecular weight excluding hydrogens is 389 g/mol. The zero-order valence-electron chi connectivity index (χ0n) is 16.8. The number of hydrogen-bond acceptors (Lipinski definition) is 2. The van der Waals surface area contributed by atoms with E-state index in [1.807, 2.05) is 32.9 Å². The van der Waals surface area contributed by atoms with Crippen LogP contribution in [-0.2, 0) is 9.59 Å². The molecule has 0 radical (unpaired) electrons. The van der Waals surface area contributed by atoms with Crippen LogP contribution < -0.4 is 4.90 Å². The largest absolute Gasteiger partial charge is 0.294 e. The molecule has 150 valence electrons. The lowest BCUT2D eigenvalue weighted by molar-refractivity contribution is -0.121. The number of anilines is 1. The highest BCUT2D eigenvalue weighted by Crippen LogP contribution is 2.48. The molecule has 0 fully saturated rings. The molecule has 0 aromatic heterocycles. The second kappa shape index (κ2) is 7.10. The molecule has 2 aromatic carbocycles. The van der Waals surface area contributed by atoms with Crippen LogP contribution in [0.1, 0.15) is 50.2 Å². The van der Waals surface area contributed by atoms with Crippen LogP contribution in [0.15, 0.2) is 53.7 Å². The zero-order chi connectivity index (χ0) is 20.9. The van der Waals surface area contributed by atoms with E-state index in [0.717, 1.165) is 5.56 Å². The number of ketones is 1. The van der Waals surface area contributed by atoms with Crippen LogP contribution in [0.5, 0.6) is 0 Å². The fraction of sp³-hybridized carbons (Fsp3) is 0.333. The van der Waals surface area contributed by atoms with Crippen LogP contribution in [0, 0.1) is 18.2 Å². The van der Waals surface area contributed by atoms with Crippen LogP contribution in [-0.4, -0.2) is 11.7 Å². The maximum absolute atomic E-state index is 14.6. The van der Waals surface area contributed by atoms with Crippen LogP contribution >= 0.6 is 11.6 Å². The molecular formula is C24H23ClFNO2.